The first kappa shape index (κ1) is 14.5. The number of ether oxygens (including phenoxy) is 1. The SMILES string of the molecule is Cc1nnc([C@H](C)N2CCO[C@H](c3ccc(Cl)cc3)C2)o1. The Kier molecular flexibility index (Phi) is 4.24. The van der Waals surface area contributed by atoms with Gasteiger partial charge in [-0.25, -0.2) is 0 Å². The molecule has 0 N–H and O–H groups in total. The molecule has 6 heteroatoms. The third kappa shape index (κ3) is 3.26. The summed E-state index contributed by atoms with van der Waals surface area (Å²) < 4.78 is 11.4. The molecule has 2 aromatic rings. The summed E-state index contributed by atoms with van der Waals surface area (Å²) in [5.41, 5.74) is 1.14. The van der Waals surface area contributed by atoms with E-state index < -0.39 is 0 Å². The summed E-state index contributed by atoms with van der Waals surface area (Å²) in [4.78, 5) is 2.30. The van der Waals surface area contributed by atoms with Gasteiger partial charge in [-0.05, 0) is 24.6 Å². The Labute approximate surface area is 128 Å². The van der Waals surface area contributed by atoms with Crippen molar-refractivity contribution >= 4 is 11.6 Å². The van der Waals surface area contributed by atoms with Gasteiger partial charge in [-0.3, -0.25) is 4.90 Å². The zero-order chi connectivity index (χ0) is 14.8. The Morgan fingerprint density at radius 1 is 1.29 bits per heavy atom. The molecule has 0 unspecified atom stereocenters. The molecule has 1 aliphatic heterocycles. The second-order valence-corrected chi connectivity index (χ2v) is 5.68. The van der Waals surface area contributed by atoms with Crippen molar-refractivity contribution in [3.63, 3.8) is 0 Å². The van der Waals surface area contributed by atoms with E-state index in [2.05, 4.69) is 22.0 Å². The molecule has 1 fully saturated rings. The van der Waals surface area contributed by atoms with Crippen LogP contribution in [0.3, 0.4) is 0 Å². The zero-order valence-electron chi connectivity index (χ0n) is 12.1. The van der Waals surface area contributed by atoms with E-state index in [0.29, 0.717) is 18.4 Å². The lowest BCUT2D eigenvalue weighted by Crippen LogP contribution is -2.40. The molecule has 112 valence electrons. The molecular formula is C15H18ClN3O2. The summed E-state index contributed by atoms with van der Waals surface area (Å²) in [7, 11) is 0. The fourth-order valence-corrected chi connectivity index (χ4v) is 2.66. The van der Waals surface area contributed by atoms with Crippen molar-refractivity contribution in [1.29, 1.82) is 0 Å². The number of morpholine rings is 1. The summed E-state index contributed by atoms with van der Waals surface area (Å²) in [5, 5.41) is 8.75. The molecule has 1 saturated heterocycles. The molecule has 3 rings (SSSR count). The number of nitrogens with zero attached hydrogens (tertiary/aromatic N) is 3. The standard InChI is InChI=1S/C15H18ClN3O2/c1-10(15-18-17-11(2)21-15)19-7-8-20-14(9-19)12-3-5-13(16)6-4-12/h3-6,10,14H,7-9H2,1-2H3/t10-,14-/m0/s1. The molecule has 0 amide bonds. The largest absolute Gasteiger partial charge is 0.424 e. The Morgan fingerprint density at radius 2 is 2.05 bits per heavy atom. The molecule has 1 aliphatic rings. The molecule has 0 spiro atoms. The van der Waals surface area contributed by atoms with E-state index in [1.165, 1.54) is 0 Å². The second-order valence-electron chi connectivity index (χ2n) is 5.24. The molecule has 2 atom stereocenters. The monoisotopic (exact) mass is 307 g/mol. The van der Waals surface area contributed by atoms with Gasteiger partial charge >= 0.3 is 0 Å². The molecule has 0 saturated carbocycles. The van der Waals surface area contributed by atoms with E-state index in [1.807, 2.05) is 24.3 Å². The van der Waals surface area contributed by atoms with Gasteiger partial charge in [-0.1, -0.05) is 23.7 Å². The van der Waals surface area contributed by atoms with Crippen LogP contribution in [0.15, 0.2) is 28.7 Å². The van der Waals surface area contributed by atoms with Gasteiger partial charge in [0, 0.05) is 25.0 Å². The van der Waals surface area contributed by atoms with Crippen LogP contribution >= 0.6 is 11.6 Å². The first-order chi connectivity index (χ1) is 10.1. The summed E-state index contributed by atoms with van der Waals surface area (Å²) in [6, 6.07) is 7.90. The molecule has 0 radical (unpaired) electrons. The van der Waals surface area contributed by atoms with Crippen LogP contribution in [0.5, 0.6) is 0 Å². The number of halogens is 1. The topological polar surface area (TPSA) is 51.4 Å². The molecule has 1 aromatic heterocycles. The first-order valence-electron chi connectivity index (χ1n) is 7.04. The third-order valence-corrected chi connectivity index (χ3v) is 4.04. The van der Waals surface area contributed by atoms with Gasteiger partial charge in [0.2, 0.25) is 11.8 Å². The number of hydrogen-bond donors (Lipinski definition) is 0. The lowest BCUT2D eigenvalue weighted by Gasteiger charge is -2.35. The zero-order valence-corrected chi connectivity index (χ0v) is 12.9. The van der Waals surface area contributed by atoms with E-state index in [1.54, 1.807) is 6.92 Å². The highest BCUT2D eigenvalue weighted by Crippen LogP contribution is 2.28. The van der Waals surface area contributed by atoms with Gasteiger partial charge in [0.25, 0.3) is 0 Å². The maximum Gasteiger partial charge on any atom is 0.233 e. The lowest BCUT2D eigenvalue weighted by atomic mass is 10.1. The van der Waals surface area contributed by atoms with Crippen LogP contribution in [0, 0.1) is 6.92 Å². The minimum atomic E-state index is 0.0440. The number of rotatable bonds is 3. The van der Waals surface area contributed by atoms with E-state index in [-0.39, 0.29) is 12.1 Å². The predicted molar refractivity (Wildman–Crippen MR) is 79.2 cm³/mol. The normalized spacial score (nSPS) is 21.4. The average molecular weight is 308 g/mol. The summed E-state index contributed by atoms with van der Waals surface area (Å²) in [5.74, 6) is 1.25. The summed E-state index contributed by atoms with van der Waals surface area (Å²) >= 11 is 5.93. The van der Waals surface area contributed by atoms with E-state index in [4.69, 9.17) is 20.8 Å². The highest BCUT2D eigenvalue weighted by Gasteiger charge is 2.28. The van der Waals surface area contributed by atoms with Gasteiger partial charge < -0.3 is 9.15 Å². The molecular weight excluding hydrogens is 290 g/mol. The minimum absolute atomic E-state index is 0.0440. The predicted octanol–water partition coefficient (Wildman–Crippen LogP) is 3.17. The maximum atomic E-state index is 5.93. The lowest BCUT2D eigenvalue weighted by molar-refractivity contribution is -0.0464. The molecule has 1 aromatic carbocycles. The van der Waals surface area contributed by atoms with Crippen LogP contribution in [-0.4, -0.2) is 34.8 Å². The molecule has 5 nitrogen and oxygen atoms in total. The average Bonchev–Trinajstić information content (AvgIpc) is 2.94. The molecule has 21 heavy (non-hydrogen) atoms. The maximum absolute atomic E-state index is 5.93. The summed E-state index contributed by atoms with van der Waals surface area (Å²) in [6.45, 7) is 6.22. The van der Waals surface area contributed by atoms with Crippen LogP contribution < -0.4 is 0 Å². The van der Waals surface area contributed by atoms with Gasteiger partial charge in [0.05, 0.1) is 18.8 Å². The Balaban J connectivity index is 1.72. The fraction of sp³-hybridized carbons (Fsp3) is 0.467. The molecule has 2 heterocycles. The Morgan fingerprint density at radius 3 is 2.71 bits per heavy atom. The van der Waals surface area contributed by atoms with Gasteiger partial charge in [-0.15, -0.1) is 10.2 Å². The molecule has 0 bridgehead atoms. The van der Waals surface area contributed by atoms with Crippen LogP contribution in [0.25, 0.3) is 0 Å². The van der Waals surface area contributed by atoms with Crippen molar-refractivity contribution in [2.75, 3.05) is 19.7 Å². The van der Waals surface area contributed by atoms with Gasteiger partial charge in [0.1, 0.15) is 0 Å². The van der Waals surface area contributed by atoms with Gasteiger partial charge in [0.15, 0.2) is 0 Å². The highest BCUT2D eigenvalue weighted by molar-refractivity contribution is 6.30. The quantitative estimate of drug-likeness (QED) is 0.872. The van der Waals surface area contributed by atoms with Crippen molar-refractivity contribution in [3.05, 3.63) is 46.6 Å². The van der Waals surface area contributed by atoms with Crippen molar-refractivity contribution in [2.45, 2.75) is 26.0 Å². The van der Waals surface area contributed by atoms with Crippen molar-refractivity contribution in [3.8, 4) is 0 Å². The van der Waals surface area contributed by atoms with Crippen molar-refractivity contribution in [2.24, 2.45) is 0 Å². The number of hydrogen-bond acceptors (Lipinski definition) is 5. The number of aryl methyl sites for hydroxylation is 1. The van der Waals surface area contributed by atoms with Crippen LogP contribution in [0.1, 0.15) is 36.4 Å². The summed E-state index contributed by atoms with van der Waals surface area (Å²) in [6.07, 6.45) is 0.0440. The molecule has 0 aliphatic carbocycles. The van der Waals surface area contributed by atoms with E-state index >= 15 is 0 Å². The highest BCUT2D eigenvalue weighted by atomic mass is 35.5. The number of benzene rings is 1. The Bertz CT molecular complexity index is 599. The van der Waals surface area contributed by atoms with Crippen LogP contribution in [0.2, 0.25) is 5.02 Å². The van der Waals surface area contributed by atoms with Gasteiger partial charge in [-0.2, -0.15) is 0 Å². The van der Waals surface area contributed by atoms with E-state index in [9.17, 15) is 0 Å². The second kappa shape index (κ2) is 6.13. The number of aromatic nitrogens is 2. The van der Waals surface area contributed by atoms with Crippen molar-refractivity contribution in [1.82, 2.24) is 15.1 Å². The fourth-order valence-electron chi connectivity index (χ4n) is 2.54. The van der Waals surface area contributed by atoms with Crippen molar-refractivity contribution < 1.29 is 9.15 Å². The minimum Gasteiger partial charge on any atom is -0.424 e. The van der Waals surface area contributed by atoms with Crippen LogP contribution in [0.4, 0.5) is 0 Å². The third-order valence-electron chi connectivity index (χ3n) is 3.79. The smallest absolute Gasteiger partial charge is 0.233 e. The first-order valence-corrected chi connectivity index (χ1v) is 7.42. The van der Waals surface area contributed by atoms with Crippen LogP contribution in [-0.2, 0) is 4.74 Å². The Hall–Kier alpha value is -1.43. The van der Waals surface area contributed by atoms with E-state index in [0.717, 1.165) is 23.7 Å².